The van der Waals surface area contributed by atoms with Gasteiger partial charge in [-0.2, -0.15) is 0 Å². The third-order valence-corrected chi connectivity index (χ3v) is 2.86. The van der Waals surface area contributed by atoms with Crippen molar-refractivity contribution in [2.75, 3.05) is 5.43 Å². The molecule has 0 aliphatic rings. The molecule has 2 rings (SSSR count). The first-order valence-corrected chi connectivity index (χ1v) is 5.73. The molecule has 2 aromatic rings. The fourth-order valence-corrected chi connectivity index (χ4v) is 1.83. The molecular weight excluding hydrogens is 232 g/mol. The number of aromatic nitrogens is 1. The molecular formula is C13H16N2O3. The Kier molecular flexibility index (Phi) is 3.14. The molecule has 5 heteroatoms. The van der Waals surface area contributed by atoms with Crippen LogP contribution in [0.25, 0.3) is 0 Å². The Morgan fingerprint density at radius 3 is 2.39 bits per heavy atom. The normalized spacial score (nSPS) is 12.4. The first-order chi connectivity index (χ1) is 8.49. The molecule has 0 fully saturated rings. The van der Waals surface area contributed by atoms with E-state index in [1.54, 1.807) is 6.07 Å². The first kappa shape index (κ1) is 12.3. The maximum atomic E-state index is 10.7. The lowest BCUT2D eigenvalue weighted by Gasteiger charge is -2.17. The molecule has 2 aromatic heterocycles. The van der Waals surface area contributed by atoms with Crippen molar-refractivity contribution >= 4 is 5.97 Å². The minimum absolute atomic E-state index is 0.0420. The Morgan fingerprint density at radius 2 is 1.89 bits per heavy atom. The van der Waals surface area contributed by atoms with Crippen molar-refractivity contribution in [3.05, 3.63) is 47.2 Å². The standard InChI is InChI=1S/C13H16N2O3/c1-8-4-5-9(2)15(8)14-10(3)11-6-7-12(18-11)13(16)17/h4-7,10,14H,1-3H3,(H,16,17). The van der Waals surface area contributed by atoms with Gasteiger partial charge in [-0.3, -0.25) is 4.68 Å². The van der Waals surface area contributed by atoms with E-state index in [9.17, 15) is 4.79 Å². The summed E-state index contributed by atoms with van der Waals surface area (Å²) in [6, 6.07) is 7.06. The van der Waals surface area contributed by atoms with Gasteiger partial charge in [0.1, 0.15) is 5.76 Å². The lowest BCUT2D eigenvalue weighted by Crippen LogP contribution is -2.20. The van der Waals surface area contributed by atoms with Gasteiger partial charge in [0.2, 0.25) is 5.76 Å². The van der Waals surface area contributed by atoms with Crippen LogP contribution in [0.15, 0.2) is 28.7 Å². The molecule has 0 aromatic carbocycles. The van der Waals surface area contributed by atoms with Crippen LogP contribution < -0.4 is 5.43 Å². The van der Waals surface area contributed by atoms with Crippen LogP contribution in [0.3, 0.4) is 0 Å². The van der Waals surface area contributed by atoms with E-state index in [0.29, 0.717) is 5.76 Å². The summed E-state index contributed by atoms with van der Waals surface area (Å²) < 4.78 is 7.21. The predicted molar refractivity (Wildman–Crippen MR) is 67.3 cm³/mol. The Morgan fingerprint density at radius 1 is 1.28 bits per heavy atom. The molecule has 0 amide bonds. The smallest absolute Gasteiger partial charge is 0.371 e. The SMILES string of the molecule is Cc1ccc(C)n1NC(C)c1ccc(C(=O)O)o1. The molecule has 2 heterocycles. The first-order valence-electron chi connectivity index (χ1n) is 5.73. The number of carboxylic acid groups (broad SMARTS) is 1. The molecule has 0 spiro atoms. The van der Waals surface area contributed by atoms with E-state index in [2.05, 4.69) is 5.43 Å². The number of nitrogens with zero attached hydrogens (tertiary/aromatic N) is 1. The number of hydrogen-bond acceptors (Lipinski definition) is 3. The number of carboxylic acids is 1. The molecule has 0 saturated carbocycles. The number of aromatic carboxylic acids is 1. The lowest BCUT2D eigenvalue weighted by molar-refractivity contribution is 0.0660. The zero-order chi connectivity index (χ0) is 13.3. The summed E-state index contributed by atoms with van der Waals surface area (Å²) in [4.78, 5) is 10.7. The molecule has 1 atom stereocenters. The third kappa shape index (κ3) is 2.25. The summed E-state index contributed by atoms with van der Waals surface area (Å²) in [5, 5.41) is 8.81. The molecule has 0 radical (unpaired) electrons. The minimum atomic E-state index is -1.05. The number of aryl methyl sites for hydroxylation is 2. The average Bonchev–Trinajstić information content (AvgIpc) is 2.91. The van der Waals surface area contributed by atoms with Gasteiger partial charge in [-0.15, -0.1) is 0 Å². The highest BCUT2D eigenvalue weighted by molar-refractivity contribution is 5.84. The van der Waals surface area contributed by atoms with E-state index in [1.165, 1.54) is 6.07 Å². The van der Waals surface area contributed by atoms with Crippen LogP contribution >= 0.6 is 0 Å². The molecule has 2 N–H and O–H groups in total. The monoisotopic (exact) mass is 248 g/mol. The van der Waals surface area contributed by atoms with Gasteiger partial charge in [0.25, 0.3) is 0 Å². The Balaban J connectivity index is 2.16. The van der Waals surface area contributed by atoms with Crippen molar-refractivity contribution in [3.63, 3.8) is 0 Å². The van der Waals surface area contributed by atoms with E-state index in [4.69, 9.17) is 9.52 Å². The predicted octanol–water partition coefficient (Wildman–Crippen LogP) is 2.70. The third-order valence-electron chi connectivity index (χ3n) is 2.86. The number of nitrogens with one attached hydrogen (secondary N) is 1. The molecule has 0 aliphatic carbocycles. The van der Waals surface area contributed by atoms with E-state index in [0.717, 1.165) is 11.4 Å². The zero-order valence-corrected chi connectivity index (χ0v) is 10.6. The van der Waals surface area contributed by atoms with Crippen molar-refractivity contribution in [1.29, 1.82) is 0 Å². The van der Waals surface area contributed by atoms with Crippen molar-refractivity contribution in [3.8, 4) is 0 Å². The summed E-state index contributed by atoms with van der Waals surface area (Å²) in [5.41, 5.74) is 5.43. The average molecular weight is 248 g/mol. The number of furan rings is 1. The van der Waals surface area contributed by atoms with Gasteiger partial charge >= 0.3 is 5.97 Å². The summed E-state index contributed by atoms with van der Waals surface area (Å²) in [6.45, 7) is 5.92. The highest BCUT2D eigenvalue weighted by atomic mass is 16.4. The second kappa shape index (κ2) is 4.60. The van der Waals surface area contributed by atoms with Crippen LogP contribution in [0.4, 0.5) is 0 Å². The van der Waals surface area contributed by atoms with Crippen LogP contribution in [0.2, 0.25) is 0 Å². The van der Waals surface area contributed by atoms with Gasteiger partial charge in [0.05, 0.1) is 6.04 Å². The number of hydrogen-bond donors (Lipinski definition) is 2. The molecule has 5 nitrogen and oxygen atoms in total. The summed E-state index contributed by atoms with van der Waals surface area (Å²) >= 11 is 0. The quantitative estimate of drug-likeness (QED) is 0.873. The topological polar surface area (TPSA) is 67.4 Å². The molecule has 0 bridgehead atoms. The second-order valence-corrected chi connectivity index (χ2v) is 4.31. The number of carbonyl (C=O) groups is 1. The Hall–Kier alpha value is -2.17. The molecule has 0 saturated heterocycles. The maximum Gasteiger partial charge on any atom is 0.371 e. The Labute approximate surface area is 105 Å². The lowest BCUT2D eigenvalue weighted by atomic mass is 10.3. The largest absolute Gasteiger partial charge is 0.475 e. The fourth-order valence-electron chi connectivity index (χ4n) is 1.83. The van der Waals surface area contributed by atoms with Gasteiger partial charge in [-0.1, -0.05) is 0 Å². The highest BCUT2D eigenvalue weighted by Gasteiger charge is 2.14. The second-order valence-electron chi connectivity index (χ2n) is 4.31. The van der Waals surface area contributed by atoms with E-state index in [1.807, 2.05) is 37.6 Å². The van der Waals surface area contributed by atoms with Crippen LogP contribution in [-0.2, 0) is 0 Å². The Bertz CT molecular complexity index is 549. The van der Waals surface area contributed by atoms with E-state index < -0.39 is 5.97 Å². The van der Waals surface area contributed by atoms with Crippen molar-refractivity contribution in [1.82, 2.24) is 4.68 Å². The zero-order valence-electron chi connectivity index (χ0n) is 10.6. The van der Waals surface area contributed by atoms with Crippen LogP contribution in [0.5, 0.6) is 0 Å². The summed E-state index contributed by atoms with van der Waals surface area (Å²) in [5.74, 6) is -0.499. The maximum absolute atomic E-state index is 10.7. The van der Waals surface area contributed by atoms with Crippen molar-refractivity contribution in [2.45, 2.75) is 26.8 Å². The van der Waals surface area contributed by atoms with Gasteiger partial charge in [-0.05, 0) is 45.0 Å². The molecule has 0 aliphatic heterocycles. The van der Waals surface area contributed by atoms with E-state index >= 15 is 0 Å². The molecule has 1 unspecified atom stereocenters. The van der Waals surface area contributed by atoms with Gasteiger partial charge in [0.15, 0.2) is 0 Å². The van der Waals surface area contributed by atoms with Crippen LogP contribution in [-0.4, -0.2) is 15.8 Å². The highest BCUT2D eigenvalue weighted by Crippen LogP contribution is 2.18. The van der Waals surface area contributed by atoms with Crippen molar-refractivity contribution < 1.29 is 14.3 Å². The fraction of sp³-hybridized carbons (Fsp3) is 0.308. The van der Waals surface area contributed by atoms with Crippen LogP contribution in [0, 0.1) is 13.8 Å². The van der Waals surface area contributed by atoms with Gasteiger partial charge in [-0.25, -0.2) is 4.79 Å². The molecule has 18 heavy (non-hydrogen) atoms. The van der Waals surface area contributed by atoms with Crippen molar-refractivity contribution in [2.24, 2.45) is 0 Å². The van der Waals surface area contributed by atoms with Gasteiger partial charge < -0.3 is 14.9 Å². The van der Waals surface area contributed by atoms with Gasteiger partial charge in [0, 0.05) is 11.4 Å². The van der Waals surface area contributed by atoms with E-state index in [-0.39, 0.29) is 11.8 Å². The summed E-state index contributed by atoms with van der Waals surface area (Å²) in [7, 11) is 0. The minimum Gasteiger partial charge on any atom is -0.475 e. The summed E-state index contributed by atoms with van der Waals surface area (Å²) in [6.07, 6.45) is 0. The molecule has 96 valence electrons. The van der Waals surface area contributed by atoms with Crippen LogP contribution in [0.1, 0.15) is 40.7 Å². The number of rotatable bonds is 4.